The van der Waals surface area contributed by atoms with E-state index in [4.69, 9.17) is 18.9 Å². The lowest BCUT2D eigenvalue weighted by molar-refractivity contribution is -0.0943. The number of methoxy groups -OCH3 is 2. The van der Waals surface area contributed by atoms with Crippen molar-refractivity contribution < 1.29 is 28.5 Å². The van der Waals surface area contributed by atoms with Crippen LogP contribution in [0.3, 0.4) is 0 Å². The lowest BCUT2D eigenvalue weighted by Gasteiger charge is -2.25. The molecule has 2 aromatic rings. The normalized spacial score (nSPS) is 10.5. The van der Waals surface area contributed by atoms with Crippen LogP contribution in [-0.4, -0.2) is 51.2 Å². The van der Waals surface area contributed by atoms with Crippen molar-refractivity contribution in [2.45, 2.75) is 6.29 Å². The van der Waals surface area contributed by atoms with Gasteiger partial charge in [-0.3, -0.25) is 10.2 Å². The van der Waals surface area contributed by atoms with Gasteiger partial charge in [-0.05, 0) is 24.3 Å². The molecule has 0 atom stereocenters. The predicted octanol–water partition coefficient (Wildman–Crippen LogP) is 4.25. The summed E-state index contributed by atoms with van der Waals surface area (Å²) in [6.45, 7) is 0.374. The molecule has 0 saturated carbocycles. The number of halogens is 1. The van der Waals surface area contributed by atoms with Gasteiger partial charge in [0.2, 0.25) is 0 Å². The monoisotopic (exact) mass is 466 g/mol. The number of para-hydroxylation sites is 1. The Bertz CT molecular complexity index is 786. The summed E-state index contributed by atoms with van der Waals surface area (Å²) in [5.74, 6) is 0.264. The molecule has 29 heavy (non-hydrogen) atoms. The smallest absolute Gasteiger partial charge is 0.419 e. The van der Waals surface area contributed by atoms with Crippen LogP contribution in [0.1, 0.15) is 0 Å². The summed E-state index contributed by atoms with van der Waals surface area (Å²) in [6.07, 6.45) is -1.84. The first-order valence-electron chi connectivity index (χ1n) is 8.77. The fourth-order valence-corrected chi connectivity index (χ4v) is 2.53. The SMILES string of the molecule is COC(CN(C(=O)Oc1cccc(NC(=O)OCCBr)c1)c1ccccc1)OC. The Kier molecular flexibility index (Phi) is 9.42. The minimum absolute atomic E-state index is 0.132. The van der Waals surface area contributed by atoms with E-state index in [2.05, 4.69) is 21.2 Å². The molecule has 9 heteroatoms. The van der Waals surface area contributed by atoms with Gasteiger partial charge in [0.05, 0.1) is 6.54 Å². The molecule has 0 aromatic heterocycles. The van der Waals surface area contributed by atoms with Gasteiger partial charge in [0.25, 0.3) is 0 Å². The quantitative estimate of drug-likeness (QED) is 0.438. The molecular formula is C20H23BrN2O6. The lowest BCUT2D eigenvalue weighted by Crippen LogP contribution is -2.40. The Morgan fingerprint density at radius 2 is 1.79 bits per heavy atom. The van der Waals surface area contributed by atoms with E-state index in [9.17, 15) is 9.59 Å². The number of amides is 2. The molecule has 0 aliphatic carbocycles. The molecule has 2 rings (SSSR count). The average Bonchev–Trinajstić information content (AvgIpc) is 2.74. The fourth-order valence-electron chi connectivity index (χ4n) is 2.37. The summed E-state index contributed by atoms with van der Waals surface area (Å²) in [4.78, 5) is 25.9. The van der Waals surface area contributed by atoms with E-state index in [-0.39, 0.29) is 18.9 Å². The molecule has 156 valence electrons. The molecule has 8 nitrogen and oxygen atoms in total. The number of anilines is 2. The minimum atomic E-state index is -0.625. The maximum Gasteiger partial charge on any atom is 0.419 e. The summed E-state index contributed by atoms with van der Waals surface area (Å²) < 4.78 is 20.9. The molecule has 0 saturated heterocycles. The van der Waals surface area contributed by atoms with Crippen molar-refractivity contribution in [3.8, 4) is 5.75 Å². The lowest BCUT2D eigenvalue weighted by atomic mass is 10.3. The van der Waals surface area contributed by atoms with Crippen LogP contribution in [0.4, 0.5) is 21.0 Å². The zero-order chi connectivity index (χ0) is 21.1. The molecule has 0 spiro atoms. The van der Waals surface area contributed by atoms with Crippen molar-refractivity contribution in [1.29, 1.82) is 0 Å². The number of alkyl halides is 1. The zero-order valence-electron chi connectivity index (χ0n) is 16.2. The predicted molar refractivity (Wildman–Crippen MR) is 113 cm³/mol. The van der Waals surface area contributed by atoms with E-state index in [1.54, 1.807) is 30.3 Å². The molecule has 0 radical (unpaired) electrons. The van der Waals surface area contributed by atoms with Crippen LogP contribution in [-0.2, 0) is 14.2 Å². The third kappa shape index (κ3) is 7.37. The number of rotatable bonds is 9. The zero-order valence-corrected chi connectivity index (χ0v) is 17.8. The van der Waals surface area contributed by atoms with Gasteiger partial charge in [-0.25, -0.2) is 9.59 Å². The molecule has 0 unspecified atom stereocenters. The number of carbonyl (C=O) groups excluding carboxylic acids is 2. The van der Waals surface area contributed by atoms with Crippen LogP contribution < -0.4 is 15.0 Å². The Hall–Kier alpha value is -2.62. The van der Waals surface area contributed by atoms with Crippen molar-refractivity contribution in [2.24, 2.45) is 0 Å². The number of benzene rings is 2. The fraction of sp³-hybridized carbons (Fsp3) is 0.300. The van der Waals surface area contributed by atoms with Gasteiger partial charge >= 0.3 is 12.2 Å². The molecule has 1 N–H and O–H groups in total. The molecule has 0 aliphatic heterocycles. The van der Waals surface area contributed by atoms with Crippen molar-refractivity contribution in [2.75, 3.05) is 42.9 Å². The standard InChI is InChI=1S/C20H23BrN2O6/c1-26-18(27-2)14-23(16-8-4-3-5-9-16)20(25)29-17-10-6-7-15(13-17)22-19(24)28-12-11-21/h3-10,13,18H,11-12,14H2,1-2H3,(H,22,24). The Morgan fingerprint density at radius 3 is 2.45 bits per heavy atom. The highest BCUT2D eigenvalue weighted by molar-refractivity contribution is 9.09. The largest absolute Gasteiger partial charge is 0.448 e. The third-order valence-electron chi connectivity index (χ3n) is 3.74. The van der Waals surface area contributed by atoms with Crippen LogP contribution in [0.15, 0.2) is 54.6 Å². The number of carbonyl (C=O) groups is 2. The van der Waals surface area contributed by atoms with Crippen LogP contribution >= 0.6 is 15.9 Å². The van der Waals surface area contributed by atoms with Gasteiger partial charge in [-0.15, -0.1) is 0 Å². The number of ether oxygens (including phenoxy) is 4. The summed E-state index contributed by atoms with van der Waals surface area (Å²) in [5, 5.41) is 3.11. The Balaban J connectivity index is 2.12. The second-order valence-corrected chi connectivity index (χ2v) is 6.49. The van der Waals surface area contributed by atoms with E-state index in [0.717, 1.165) is 0 Å². The van der Waals surface area contributed by atoms with Crippen molar-refractivity contribution >= 4 is 39.5 Å². The summed E-state index contributed by atoms with van der Waals surface area (Å²) in [5.41, 5.74) is 1.07. The highest BCUT2D eigenvalue weighted by atomic mass is 79.9. The van der Waals surface area contributed by atoms with Gasteiger partial charge in [0, 0.05) is 37.0 Å². The molecule has 2 amide bonds. The molecule has 0 aliphatic rings. The molecule has 0 bridgehead atoms. The van der Waals surface area contributed by atoms with Crippen molar-refractivity contribution in [3.05, 3.63) is 54.6 Å². The van der Waals surface area contributed by atoms with E-state index in [1.807, 2.05) is 18.2 Å². The molecular weight excluding hydrogens is 444 g/mol. The van der Waals surface area contributed by atoms with Crippen LogP contribution in [0.5, 0.6) is 5.75 Å². The van der Waals surface area contributed by atoms with Crippen LogP contribution in [0, 0.1) is 0 Å². The highest BCUT2D eigenvalue weighted by Gasteiger charge is 2.22. The Labute approximate surface area is 177 Å². The van der Waals surface area contributed by atoms with Crippen molar-refractivity contribution in [3.63, 3.8) is 0 Å². The maximum absolute atomic E-state index is 12.8. The first-order valence-corrected chi connectivity index (χ1v) is 9.89. The van der Waals surface area contributed by atoms with E-state index in [0.29, 0.717) is 16.7 Å². The number of hydrogen-bond donors (Lipinski definition) is 1. The number of nitrogens with one attached hydrogen (secondary N) is 1. The summed E-state index contributed by atoms with van der Waals surface area (Å²) in [7, 11) is 2.99. The third-order valence-corrected chi connectivity index (χ3v) is 4.07. The second-order valence-electron chi connectivity index (χ2n) is 5.69. The first kappa shape index (κ1) is 22.7. The molecule has 0 heterocycles. The summed E-state index contributed by atoms with van der Waals surface area (Å²) in [6, 6.07) is 15.5. The number of nitrogens with zero attached hydrogens (tertiary/aromatic N) is 1. The average molecular weight is 467 g/mol. The van der Waals surface area contributed by atoms with Crippen LogP contribution in [0.25, 0.3) is 0 Å². The van der Waals surface area contributed by atoms with Crippen LogP contribution in [0.2, 0.25) is 0 Å². The van der Waals surface area contributed by atoms with Crippen molar-refractivity contribution in [1.82, 2.24) is 0 Å². The highest BCUT2D eigenvalue weighted by Crippen LogP contribution is 2.21. The minimum Gasteiger partial charge on any atom is -0.448 e. The van der Waals surface area contributed by atoms with E-state index < -0.39 is 18.5 Å². The van der Waals surface area contributed by atoms with Gasteiger partial charge in [0.15, 0.2) is 6.29 Å². The number of hydrogen-bond acceptors (Lipinski definition) is 6. The van der Waals surface area contributed by atoms with E-state index >= 15 is 0 Å². The van der Waals surface area contributed by atoms with Gasteiger partial charge < -0.3 is 18.9 Å². The Morgan fingerprint density at radius 1 is 1.07 bits per heavy atom. The molecule has 2 aromatic carbocycles. The maximum atomic E-state index is 12.8. The topological polar surface area (TPSA) is 86.3 Å². The van der Waals surface area contributed by atoms with Gasteiger partial charge in [0.1, 0.15) is 12.4 Å². The van der Waals surface area contributed by atoms with Gasteiger partial charge in [-0.2, -0.15) is 0 Å². The first-order chi connectivity index (χ1) is 14.1. The molecule has 0 fully saturated rings. The van der Waals surface area contributed by atoms with E-state index in [1.165, 1.54) is 25.2 Å². The second kappa shape index (κ2) is 12.1. The van der Waals surface area contributed by atoms with Gasteiger partial charge in [-0.1, -0.05) is 40.2 Å². The summed E-state index contributed by atoms with van der Waals surface area (Å²) >= 11 is 3.18.